The summed E-state index contributed by atoms with van der Waals surface area (Å²) >= 11 is 0. The zero-order chi connectivity index (χ0) is 17.2. The predicted octanol–water partition coefficient (Wildman–Crippen LogP) is 2.76. The molecule has 0 N–H and O–H groups in total. The van der Waals surface area contributed by atoms with Crippen molar-refractivity contribution < 1.29 is 4.74 Å². The lowest BCUT2D eigenvalue weighted by Crippen LogP contribution is -2.43. The highest BCUT2D eigenvalue weighted by Gasteiger charge is 2.47. The highest BCUT2D eigenvalue weighted by Crippen LogP contribution is 2.50. The lowest BCUT2D eigenvalue weighted by atomic mass is 9.75. The molecule has 136 valence electrons. The molecule has 0 aromatic rings. The van der Waals surface area contributed by atoms with Gasteiger partial charge in [0.1, 0.15) is 0 Å². The van der Waals surface area contributed by atoms with E-state index in [1.54, 1.807) is 0 Å². The molecule has 3 heteroatoms. The third kappa shape index (κ3) is 3.90. The minimum atomic E-state index is 0.226. The Labute approximate surface area is 153 Å². The first-order valence-corrected chi connectivity index (χ1v) is 10.2. The second-order valence-corrected chi connectivity index (χ2v) is 8.64. The van der Waals surface area contributed by atoms with Gasteiger partial charge in [-0.05, 0) is 56.9 Å². The van der Waals surface area contributed by atoms with Crippen LogP contribution in [0, 0.1) is 35.0 Å². The molecule has 0 aromatic carbocycles. The van der Waals surface area contributed by atoms with Gasteiger partial charge in [-0.1, -0.05) is 18.3 Å². The first-order chi connectivity index (χ1) is 12.2. The van der Waals surface area contributed by atoms with Crippen LogP contribution in [0.4, 0.5) is 0 Å². The molecule has 4 aliphatic rings. The molecule has 4 rings (SSSR count). The van der Waals surface area contributed by atoms with Gasteiger partial charge in [-0.25, -0.2) is 0 Å². The van der Waals surface area contributed by atoms with Crippen LogP contribution in [0.2, 0.25) is 0 Å². The van der Waals surface area contributed by atoms with E-state index in [2.05, 4.69) is 33.5 Å². The van der Waals surface area contributed by atoms with Gasteiger partial charge in [0.25, 0.3) is 0 Å². The summed E-state index contributed by atoms with van der Waals surface area (Å²) in [5, 5.41) is 0. The molecule has 2 saturated carbocycles. The second kappa shape index (κ2) is 7.32. The van der Waals surface area contributed by atoms with Crippen molar-refractivity contribution in [3.05, 3.63) is 0 Å². The van der Waals surface area contributed by atoms with Crippen LogP contribution in [0.15, 0.2) is 0 Å². The predicted molar refractivity (Wildman–Crippen MR) is 101 cm³/mol. The summed E-state index contributed by atoms with van der Waals surface area (Å²) in [6, 6.07) is 0. The Kier molecular flexibility index (Phi) is 5.10. The Hall–Kier alpha value is -1.00. The van der Waals surface area contributed by atoms with E-state index in [1.165, 1.54) is 51.6 Å². The molecule has 2 aliphatic heterocycles. The van der Waals surface area contributed by atoms with Gasteiger partial charge in [0, 0.05) is 26.1 Å². The van der Waals surface area contributed by atoms with E-state index in [1.807, 2.05) is 6.92 Å². The van der Waals surface area contributed by atoms with E-state index in [0.717, 1.165) is 45.1 Å². The smallest absolute Gasteiger partial charge is 0.0811 e. The molecular weight excluding hydrogens is 308 g/mol. The van der Waals surface area contributed by atoms with Gasteiger partial charge < -0.3 is 4.74 Å². The SMILES string of the molecule is CC#CCN1CCC2(CCCC2CC#CCN2CCOC3(CC3)C2)C1. The molecule has 0 aromatic heterocycles. The van der Waals surface area contributed by atoms with Crippen LogP contribution < -0.4 is 0 Å². The molecule has 2 saturated heterocycles. The van der Waals surface area contributed by atoms with E-state index >= 15 is 0 Å². The van der Waals surface area contributed by atoms with Crippen molar-refractivity contribution >= 4 is 0 Å². The summed E-state index contributed by atoms with van der Waals surface area (Å²) in [4.78, 5) is 5.06. The van der Waals surface area contributed by atoms with E-state index in [-0.39, 0.29) is 5.60 Å². The molecule has 2 heterocycles. The average Bonchev–Trinajstić information content (AvgIpc) is 3.07. The highest BCUT2D eigenvalue weighted by atomic mass is 16.5. The number of hydrogen-bond donors (Lipinski definition) is 0. The van der Waals surface area contributed by atoms with Gasteiger partial charge in [0.15, 0.2) is 0 Å². The van der Waals surface area contributed by atoms with Crippen molar-refractivity contribution in [1.29, 1.82) is 0 Å². The molecule has 0 amide bonds. The lowest BCUT2D eigenvalue weighted by Gasteiger charge is -2.32. The number of likely N-dealkylation sites (tertiary alicyclic amines) is 1. The van der Waals surface area contributed by atoms with Crippen LogP contribution in [-0.2, 0) is 4.74 Å². The average molecular weight is 341 g/mol. The van der Waals surface area contributed by atoms with Crippen LogP contribution in [-0.4, -0.2) is 61.3 Å². The normalized spacial score (nSPS) is 33.9. The van der Waals surface area contributed by atoms with Gasteiger partial charge >= 0.3 is 0 Å². The molecule has 0 radical (unpaired) electrons. The van der Waals surface area contributed by atoms with Crippen molar-refractivity contribution in [2.24, 2.45) is 11.3 Å². The quantitative estimate of drug-likeness (QED) is 0.735. The maximum Gasteiger partial charge on any atom is 0.0811 e. The highest BCUT2D eigenvalue weighted by molar-refractivity contribution is 5.10. The Bertz CT molecular complexity index is 603. The summed E-state index contributed by atoms with van der Waals surface area (Å²) in [6.45, 7) is 9.36. The first kappa shape index (κ1) is 17.4. The van der Waals surface area contributed by atoms with Gasteiger partial charge in [-0.15, -0.1) is 11.8 Å². The summed E-state index contributed by atoms with van der Waals surface area (Å²) in [7, 11) is 0. The summed E-state index contributed by atoms with van der Waals surface area (Å²) in [6.07, 6.45) is 9.13. The maximum atomic E-state index is 5.89. The van der Waals surface area contributed by atoms with Gasteiger partial charge in [-0.2, -0.15) is 0 Å². The van der Waals surface area contributed by atoms with Crippen molar-refractivity contribution in [3.8, 4) is 23.7 Å². The van der Waals surface area contributed by atoms with Gasteiger partial charge in [0.05, 0.1) is 25.3 Å². The summed E-state index contributed by atoms with van der Waals surface area (Å²) in [5.41, 5.74) is 0.769. The minimum Gasteiger partial charge on any atom is -0.372 e. The molecule has 2 spiro atoms. The Morgan fingerprint density at radius 2 is 1.80 bits per heavy atom. The van der Waals surface area contributed by atoms with E-state index in [0.29, 0.717) is 5.41 Å². The molecule has 25 heavy (non-hydrogen) atoms. The number of ether oxygens (including phenoxy) is 1. The van der Waals surface area contributed by atoms with E-state index < -0.39 is 0 Å². The Morgan fingerprint density at radius 3 is 2.64 bits per heavy atom. The molecule has 2 unspecified atom stereocenters. The largest absolute Gasteiger partial charge is 0.372 e. The van der Waals surface area contributed by atoms with Crippen LogP contribution >= 0.6 is 0 Å². The monoisotopic (exact) mass is 340 g/mol. The zero-order valence-corrected chi connectivity index (χ0v) is 15.8. The molecule has 2 aliphatic carbocycles. The summed E-state index contributed by atoms with van der Waals surface area (Å²) in [5.74, 6) is 14.1. The van der Waals surface area contributed by atoms with Crippen molar-refractivity contribution in [3.63, 3.8) is 0 Å². The zero-order valence-electron chi connectivity index (χ0n) is 15.8. The topological polar surface area (TPSA) is 15.7 Å². The second-order valence-electron chi connectivity index (χ2n) is 8.64. The Balaban J connectivity index is 1.27. The lowest BCUT2D eigenvalue weighted by molar-refractivity contribution is -0.0416. The van der Waals surface area contributed by atoms with Crippen LogP contribution in [0.1, 0.15) is 51.9 Å². The van der Waals surface area contributed by atoms with Gasteiger partial charge in [0.2, 0.25) is 0 Å². The molecule has 3 nitrogen and oxygen atoms in total. The number of morpholine rings is 1. The molecule has 4 fully saturated rings. The third-order valence-electron chi connectivity index (χ3n) is 6.95. The van der Waals surface area contributed by atoms with Crippen molar-refractivity contribution in [1.82, 2.24) is 9.80 Å². The molecule has 2 atom stereocenters. The van der Waals surface area contributed by atoms with Crippen molar-refractivity contribution in [2.75, 3.05) is 45.9 Å². The standard InChI is InChI=1S/C22H32N2O/c1-2-3-13-23-15-12-21(18-23)9-6-8-20(21)7-4-5-14-24-16-17-25-22(19-24)10-11-22/h20H,6-19H2,1H3. The summed E-state index contributed by atoms with van der Waals surface area (Å²) < 4.78 is 5.89. The molecular formula is C22H32N2O. The molecule has 0 bridgehead atoms. The first-order valence-electron chi connectivity index (χ1n) is 10.2. The van der Waals surface area contributed by atoms with E-state index in [9.17, 15) is 0 Å². The van der Waals surface area contributed by atoms with Gasteiger partial charge in [-0.3, -0.25) is 9.80 Å². The van der Waals surface area contributed by atoms with E-state index in [4.69, 9.17) is 4.74 Å². The van der Waals surface area contributed by atoms with Crippen LogP contribution in [0.5, 0.6) is 0 Å². The fourth-order valence-electron chi connectivity index (χ4n) is 5.24. The van der Waals surface area contributed by atoms with Crippen molar-refractivity contribution in [2.45, 2.75) is 57.5 Å². The van der Waals surface area contributed by atoms with Crippen LogP contribution in [0.3, 0.4) is 0 Å². The fraction of sp³-hybridized carbons (Fsp3) is 0.818. The fourth-order valence-corrected chi connectivity index (χ4v) is 5.24. The minimum absolute atomic E-state index is 0.226. The number of nitrogens with zero attached hydrogens (tertiary/aromatic N) is 2. The number of hydrogen-bond acceptors (Lipinski definition) is 3. The number of rotatable bonds is 3. The Morgan fingerprint density at radius 1 is 0.960 bits per heavy atom. The van der Waals surface area contributed by atoms with Crippen LogP contribution in [0.25, 0.3) is 0 Å². The maximum absolute atomic E-state index is 5.89. The third-order valence-corrected chi connectivity index (χ3v) is 6.95.